The first-order valence-corrected chi connectivity index (χ1v) is 5.26. The number of alkyl halides is 3. The zero-order valence-electron chi connectivity index (χ0n) is 9.86. The molecule has 1 aromatic carbocycles. The van der Waals surface area contributed by atoms with Crippen LogP contribution in [0.3, 0.4) is 0 Å². The van der Waals surface area contributed by atoms with Crippen LogP contribution < -0.4 is 5.73 Å². The summed E-state index contributed by atoms with van der Waals surface area (Å²) in [5.41, 5.74) is 5.01. The molecule has 0 bridgehead atoms. The lowest BCUT2D eigenvalue weighted by atomic mass is 10.1. The molecule has 2 aromatic rings. The number of nitrogens with two attached hydrogens (primary N) is 1. The molecule has 98 valence electrons. The maximum absolute atomic E-state index is 12.8. The van der Waals surface area contributed by atoms with Gasteiger partial charge in [0.15, 0.2) is 0 Å². The van der Waals surface area contributed by atoms with Gasteiger partial charge in [0.1, 0.15) is 5.82 Å². The Balaban J connectivity index is 2.59. The van der Waals surface area contributed by atoms with Crippen LogP contribution in [0.1, 0.15) is 16.7 Å². The van der Waals surface area contributed by atoms with Gasteiger partial charge in [0.05, 0.1) is 22.9 Å². The first-order valence-electron chi connectivity index (χ1n) is 5.26. The Morgan fingerprint density at radius 1 is 1.37 bits per heavy atom. The van der Waals surface area contributed by atoms with Gasteiger partial charge in [-0.3, -0.25) is 0 Å². The van der Waals surface area contributed by atoms with E-state index in [1.807, 2.05) is 0 Å². The molecule has 2 N–H and O–H groups in total. The highest BCUT2D eigenvalue weighted by molar-refractivity contribution is 5.48. The predicted octanol–water partition coefficient (Wildman–Crippen LogP) is 2.65. The van der Waals surface area contributed by atoms with Crippen LogP contribution in [0.4, 0.5) is 19.0 Å². The van der Waals surface area contributed by atoms with E-state index in [1.165, 1.54) is 23.0 Å². The molecular weight excluding hydrogens is 257 g/mol. The van der Waals surface area contributed by atoms with Crippen molar-refractivity contribution >= 4 is 5.82 Å². The second-order valence-corrected chi connectivity index (χ2v) is 3.98. The first-order chi connectivity index (χ1) is 8.82. The van der Waals surface area contributed by atoms with Crippen molar-refractivity contribution in [3.63, 3.8) is 0 Å². The van der Waals surface area contributed by atoms with Gasteiger partial charge in [-0.15, -0.1) is 0 Å². The second-order valence-electron chi connectivity index (χ2n) is 3.98. The molecule has 0 aliphatic rings. The highest BCUT2D eigenvalue weighted by atomic mass is 19.4. The van der Waals surface area contributed by atoms with Crippen molar-refractivity contribution in [2.24, 2.45) is 0 Å². The van der Waals surface area contributed by atoms with Crippen LogP contribution in [0.15, 0.2) is 24.4 Å². The molecule has 0 radical (unpaired) electrons. The number of nitrogens with zero attached hydrogens (tertiary/aromatic N) is 3. The van der Waals surface area contributed by atoms with E-state index in [4.69, 9.17) is 11.0 Å². The number of halogens is 3. The van der Waals surface area contributed by atoms with Gasteiger partial charge in [0, 0.05) is 11.8 Å². The van der Waals surface area contributed by atoms with Gasteiger partial charge in [-0.1, -0.05) is 0 Å². The van der Waals surface area contributed by atoms with Crippen LogP contribution in [0.5, 0.6) is 0 Å². The molecule has 1 heterocycles. The van der Waals surface area contributed by atoms with Crippen molar-refractivity contribution in [2.45, 2.75) is 13.1 Å². The quantitative estimate of drug-likeness (QED) is 0.862. The monoisotopic (exact) mass is 266 g/mol. The van der Waals surface area contributed by atoms with Crippen molar-refractivity contribution in [3.05, 3.63) is 41.1 Å². The van der Waals surface area contributed by atoms with Crippen molar-refractivity contribution < 1.29 is 13.2 Å². The van der Waals surface area contributed by atoms with E-state index < -0.39 is 17.3 Å². The molecule has 0 spiro atoms. The third kappa shape index (κ3) is 2.38. The smallest absolute Gasteiger partial charge is 0.382 e. The van der Waals surface area contributed by atoms with Crippen LogP contribution in [0.25, 0.3) is 5.69 Å². The van der Waals surface area contributed by atoms with Crippen LogP contribution >= 0.6 is 0 Å². The zero-order chi connectivity index (χ0) is 14.2. The maximum atomic E-state index is 12.8. The number of hydrogen-bond donors (Lipinski definition) is 1. The lowest BCUT2D eigenvalue weighted by molar-refractivity contribution is -0.137. The third-order valence-corrected chi connectivity index (χ3v) is 2.63. The van der Waals surface area contributed by atoms with E-state index in [0.29, 0.717) is 5.56 Å². The Hall–Kier alpha value is -2.49. The minimum atomic E-state index is -4.59. The van der Waals surface area contributed by atoms with Crippen molar-refractivity contribution in [3.8, 4) is 11.8 Å². The molecule has 0 unspecified atom stereocenters. The topological polar surface area (TPSA) is 67.6 Å². The van der Waals surface area contributed by atoms with E-state index in [1.54, 1.807) is 6.92 Å². The van der Waals surface area contributed by atoms with Gasteiger partial charge in [0.2, 0.25) is 0 Å². The molecule has 0 saturated carbocycles. The number of benzene rings is 1. The number of hydrogen-bond acceptors (Lipinski definition) is 3. The average molecular weight is 266 g/mol. The van der Waals surface area contributed by atoms with Gasteiger partial charge in [-0.05, 0) is 25.1 Å². The third-order valence-electron chi connectivity index (χ3n) is 2.63. The molecule has 19 heavy (non-hydrogen) atoms. The van der Waals surface area contributed by atoms with E-state index in [0.717, 1.165) is 12.1 Å². The molecule has 0 aliphatic heterocycles. The Morgan fingerprint density at radius 3 is 2.53 bits per heavy atom. The molecule has 2 rings (SSSR count). The maximum Gasteiger partial charge on any atom is 0.417 e. The van der Waals surface area contributed by atoms with Crippen LogP contribution in [-0.2, 0) is 6.18 Å². The number of anilines is 1. The van der Waals surface area contributed by atoms with Gasteiger partial charge in [0.25, 0.3) is 0 Å². The summed E-state index contributed by atoms with van der Waals surface area (Å²) < 4.78 is 39.7. The van der Waals surface area contributed by atoms with E-state index in [9.17, 15) is 13.2 Å². The Kier molecular flexibility index (Phi) is 2.94. The van der Waals surface area contributed by atoms with Gasteiger partial charge in [-0.2, -0.15) is 23.5 Å². The summed E-state index contributed by atoms with van der Waals surface area (Å²) in [7, 11) is 0. The molecule has 7 heteroatoms. The Labute approximate surface area is 106 Å². The molecule has 0 atom stereocenters. The predicted molar refractivity (Wildman–Crippen MR) is 62.4 cm³/mol. The second kappa shape index (κ2) is 4.31. The molecule has 0 aliphatic carbocycles. The summed E-state index contributed by atoms with van der Waals surface area (Å²) in [6.07, 6.45) is -3.06. The fourth-order valence-electron chi connectivity index (χ4n) is 1.61. The van der Waals surface area contributed by atoms with E-state index in [2.05, 4.69) is 5.10 Å². The zero-order valence-corrected chi connectivity index (χ0v) is 9.86. The summed E-state index contributed by atoms with van der Waals surface area (Å²) in [4.78, 5) is 0. The summed E-state index contributed by atoms with van der Waals surface area (Å²) in [5, 5.41) is 12.6. The average Bonchev–Trinajstić information content (AvgIpc) is 2.68. The number of rotatable bonds is 1. The summed E-state index contributed by atoms with van der Waals surface area (Å²) in [6.45, 7) is 1.70. The molecule has 0 fully saturated rings. The molecule has 1 aromatic heterocycles. The van der Waals surface area contributed by atoms with E-state index in [-0.39, 0.29) is 11.5 Å². The summed E-state index contributed by atoms with van der Waals surface area (Å²) in [6, 6.07) is 4.91. The van der Waals surface area contributed by atoms with Crippen molar-refractivity contribution in [1.82, 2.24) is 9.78 Å². The molecular formula is C12H9F3N4. The highest BCUT2D eigenvalue weighted by Gasteiger charge is 2.34. The number of nitriles is 1. The number of aryl methyl sites for hydroxylation is 1. The first kappa shape index (κ1) is 13.0. The summed E-state index contributed by atoms with van der Waals surface area (Å²) in [5.74, 6) is 0.248. The van der Waals surface area contributed by atoms with Crippen LogP contribution in [0, 0.1) is 18.3 Å². The highest BCUT2D eigenvalue weighted by Crippen LogP contribution is 2.33. The van der Waals surface area contributed by atoms with Gasteiger partial charge in [-0.25, -0.2) is 4.68 Å². The molecule has 0 amide bonds. The minimum Gasteiger partial charge on any atom is -0.382 e. The SMILES string of the molecule is Cc1cn(-c2ccc(C#N)c(C(F)(F)F)c2)nc1N. The lowest BCUT2D eigenvalue weighted by Gasteiger charge is -2.10. The van der Waals surface area contributed by atoms with Gasteiger partial charge < -0.3 is 5.73 Å². The standard InChI is InChI=1S/C12H9F3N4/c1-7-6-19(18-11(7)17)9-3-2-8(5-16)10(4-9)12(13,14)15/h2-4,6H,1H3,(H2,17,18). The molecule has 4 nitrogen and oxygen atoms in total. The lowest BCUT2D eigenvalue weighted by Crippen LogP contribution is -2.09. The number of aromatic nitrogens is 2. The minimum absolute atomic E-state index is 0.200. The largest absolute Gasteiger partial charge is 0.417 e. The van der Waals surface area contributed by atoms with Crippen LogP contribution in [0.2, 0.25) is 0 Å². The Morgan fingerprint density at radius 2 is 2.05 bits per heavy atom. The molecule has 0 saturated heterocycles. The van der Waals surface area contributed by atoms with Gasteiger partial charge >= 0.3 is 6.18 Å². The van der Waals surface area contributed by atoms with Crippen molar-refractivity contribution in [1.29, 1.82) is 5.26 Å². The van der Waals surface area contributed by atoms with E-state index >= 15 is 0 Å². The number of nitrogen functional groups attached to an aromatic ring is 1. The summed E-state index contributed by atoms with van der Waals surface area (Å²) >= 11 is 0. The Bertz CT molecular complexity index is 645. The fourth-order valence-corrected chi connectivity index (χ4v) is 1.61. The van der Waals surface area contributed by atoms with Crippen molar-refractivity contribution in [2.75, 3.05) is 5.73 Å². The fraction of sp³-hybridized carbons (Fsp3) is 0.167. The van der Waals surface area contributed by atoms with Crippen LogP contribution in [-0.4, -0.2) is 9.78 Å². The normalized spacial score (nSPS) is 11.3.